The molecule has 0 radical (unpaired) electrons. The maximum atomic E-state index is 9.24. The minimum absolute atomic E-state index is 0.459. The highest BCUT2D eigenvalue weighted by Gasteiger charge is 2.26. The van der Waals surface area contributed by atoms with Crippen LogP contribution in [0.1, 0.15) is 24.5 Å². The first-order valence-corrected chi connectivity index (χ1v) is 6.56. The summed E-state index contributed by atoms with van der Waals surface area (Å²) >= 11 is 0. The van der Waals surface area contributed by atoms with Crippen LogP contribution in [0.4, 0.5) is 0 Å². The third-order valence-electron chi connectivity index (χ3n) is 3.77. The Morgan fingerprint density at radius 1 is 1.39 bits per heavy atom. The Bertz CT molecular complexity index is 449. The van der Waals surface area contributed by atoms with Crippen molar-refractivity contribution in [1.29, 1.82) is 5.26 Å². The number of nitrogens with zero attached hydrogens (tertiary/aromatic N) is 2. The summed E-state index contributed by atoms with van der Waals surface area (Å²) in [6.45, 7) is 4.75. The highest BCUT2D eigenvalue weighted by atomic mass is 15.2. The Morgan fingerprint density at radius 3 is 2.78 bits per heavy atom. The van der Waals surface area contributed by atoms with Crippen molar-refractivity contribution in [2.45, 2.75) is 31.8 Å². The van der Waals surface area contributed by atoms with Gasteiger partial charge in [-0.3, -0.25) is 4.90 Å². The Kier molecular flexibility index (Phi) is 4.00. The molecule has 1 aromatic rings. The topological polar surface area (TPSA) is 39.1 Å². The van der Waals surface area contributed by atoms with E-state index >= 15 is 0 Å². The molecule has 1 N–H and O–H groups in total. The first kappa shape index (κ1) is 13.1. The molecular formula is C15H21N3. The van der Waals surface area contributed by atoms with Gasteiger partial charge in [-0.15, -0.1) is 0 Å². The number of likely N-dealkylation sites (N-methyl/N-ethyl adjacent to an activating group) is 1. The maximum Gasteiger partial charge on any atom is 0.116 e. The second-order valence-corrected chi connectivity index (χ2v) is 5.28. The summed E-state index contributed by atoms with van der Waals surface area (Å²) < 4.78 is 0. The van der Waals surface area contributed by atoms with Crippen LogP contribution in [0.3, 0.4) is 0 Å². The number of benzene rings is 1. The fraction of sp³-hybridized carbons (Fsp3) is 0.533. The largest absolute Gasteiger partial charge is 0.302 e. The Hall–Kier alpha value is -1.37. The van der Waals surface area contributed by atoms with Gasteiger partial charge in [0.15, 0.2) is 0 Å². The number of nitrogens with one attached hydrogen (secondary N) is 1. The summed E-state index contributed by atoms with van der Waals surface area (Å²) in [6, 6.07) is 11.0. The molecule has 0 spiro atoms. The molecule has 0 saturated carbocycles. The lowest BCUT2D eigenvalue weighted by Crippen LogP contribution is -2.48. The number of hydrogen-bond donors (Lipinski definition) is 1. The molecule has 1 aliphatic rings. The standard InChI is InChI=1S/C15H21N3/c1-15(11-16,17-2)12-18-9-5-8-13-6-3-4-7-14(13)10-18/h3-4,6-7,17H,5,8-10,12H2,1-2H3. The number of rotatable bonds is 3. The van der Waals surface area contributed by atoms with E-state index in [9.17, 15) is 5.26 Å². The Balaban J connectivity index is 2.11. The minimum Gasteiger partial charge on any atom is -0.302 e. The molecule has 18 heavy (non-hydrogen) atoms. The van der Waals surface area contributed by atoms with E-state index in [2.05, 4.69) is 40.6 Å². The molecule has 3 heteroatoms. The van der Waals surface area contributed by atoms with Gasteiger partial charge in [-0.25, -0.2) is 0 Å². The van der Waals surface area contributed by atoms with Crippen molar-refractivity contribution < 1.29 is 0 Å². The summed E-state index contributed by atoms with van der Waals surface area (Å²) in [4.78, 5) is 2.38. The second kappa shape index (κ2) is 5.51. The van der Waals surface area contributed by atoms with Crippen LogP contribution in [0.25, 0.3) is 0 Å². The molecule has 96 valence electrons. The first-order valence-electron chi connectivity index (χ1n) is 6.56. The van der Waals surface area contributed by atoms with Crippen molar-refractivity contribution in [3.05, 3.63) is 35.4 Å². The molecule has 3 nitrogen and oxygen atoms in total. The average Bonchev–Trinajstić information content (AvgIpc) is 2.60. The van der Waals surface area contributed by atoms with Crippen LogP contribution >= 0.6 is 0 Å². The van der Waals surface area contributed by atoms with Crippen molar-refractivity contribution in [3.63, 3.8) is 0 Å². The molecular weight excluding hydrogens is 222 g/mol. The van der Waals surface area contributed by atoms with Crippen molar-refractivity contribution in [2.24, 2.45) is 0 Å². The SMILES string of the molecule is CNC(C)(C#N)CN1CCCc2ccccc2C1. The summed E-state index contributed by atoms with van der Waals surface area (Å²) in [5.41, 5.74) is 2.41. The Labute approximate surface area is 109 Å². The molecule has 0 aromatic heterocycles. The zero-order chi connectivity index (χ0) is 13.0. The molecule has 1 atom stereocenters. The van der Waals surface area contributed by atoms with Gasteiger partial charge in [0, 0.05) is 13.1 Å². The third-order valence-corrected chi connectivity index (χ3v) is 3.77. The summed E-state index contributed by atoms with van der Waals surface area (Å²) in [7, 11) is 1.86. The molecule has 0 aliphatic carbocycles. The van der Waals surface area contributed by atoms with Gasteiger partial charge in [0.1, 0.15) is 5.54 Å². The predicted molar refractivity (Wildman–Crippen MR) is 73.1 cm³/mol. The fourth-order valence-corrected chi connectivity index (χ4v) is 2.52. The van der Waals surface area contributed by atoms with Crippen LogP contribution in [0.15, 0.2) is 24.3 Å². The zero-order valence-electron chi connectivity index (χ0n) is 11.2. The van der Waals surface area contributed by atoms with Gasteiger partial charge < -0.3 is 5.32 Å². The van der Waals surface area contributed by atoms with E-state index in [1.807, 2.05) is 14.0 Å². The van der Waals surface area contributed by atoms with E-state index in [1.165, 1.54) is 17.5 Å². The van der Waals surface area contributed by atoms with Crippen LogP contribution in [0.5, 0.6) is 0 Å². The molecule has 2 rings (SSSR count). The van der Waals surface area contributed by atoms with Crippen LogP contribution in [-0.2, 0) is 13.0 Å². The van der Waals surface area contributed by atoms with Crippen molar-refractivity contribution in [2.75, 3.05) is 20.1 Å². The minimum atomic E-state index is -0.459. The number of fused-ring (bicyclic) bond motifs is 1. The highest BCUT2D eigenvalue weighted by molar-refractivity contribution is 5.28. The lowest BCUT2D eigenvalue weighted by Gasteiger charge is -2.29. The van der Waals surface area contributed by atoms with E-state index < -0.39 is 5.54 Å². The van der Waals surface area contributed by atoms with Crippen LogP contribution in [0, 0.1) is 11.3 Å². The quantitative estimate of drug-likeness (QED) is 0.881. The molecule has 1 aromatic carbocycles. The van der Waals surface area contributed by atoms with Gasteiger partial charge >= 0.3 is 0 Å². The van der Waals surface area contributed by atoms with Crippen molar-refractivity contribution in [1.82, 2.24) is 10.2 Å². The molecule has 1 aliphatic heterocycles. The molecule has 1 heterocycles. The maximum absolute atomic E-state index is 9.24. The van der Waals surface area contributed by atoms with E-state index in [-0.39, 0.29) is 0 Å². The van der Waals surface area contributed by atoms with Crippen LogP contribution in [-0.4, -0.2) is 30.6 Å². The summed E-state index contributed by atoms with van der Waals surface area (Å²) in [5.74, 6) is 0. The molecule has 0 fully saturated rings. The van der Waals surface area contributed by atoms with Gasteiger partial charge in [-0.05, 0) is 44.5 Å². The monoisotopic (exact) mass is 243 g/mol. The number of aryl methyl sites for hydroxylation is 1. The average molecular weight is 243 g/mol. The summed E-state index contributed by atoms with van der Waals surface area (Å²) in [5, 5.41) is 12.4. The number of nitriles is 1. The lowest BCUT2D eigenvalue weighted by molar-refractivity contribution is 0.220. The van der Waals surface area contributed by atoms with Gasteiger partial charge in [0.2, 0.25) is 0 Å². The fourth-order valence-electron chi connectivity index (χ4n) is 2.52. The second-order valence-electron chi connectivity index (χ2n) is 5.28. The van der Waals surface area contributed by atoms with E-state index in [0.29, 0.717) is 0 Å². The third kappa shape index (κ3) is 2.90. The van der Waals surface area contributed by atoms with Crippen LogP contribution < -0.4 is 5.32 Å². The molecule has 0 bridgehead atoms. The van der Waals surface area contributed by atoms with E-state index in [1.54, 1.807) is 0 Å². The van der Waals surface area contributed by atoms with Crippen LogP contribution in [0.2, 0.25) is 0 Å². The Morgan fingerprint density at radius 2 is 2.11 bits per heavy atom. The molecule has 0 amide bonds. The summed E-state index contributed by atoms with van der Waals surface area (Å²) in [6.07, 6.45) is 2.32. The molecule has 1 unspecified atom stereocenters. The van der Waals surface area contributed by atoms with Gasteiger partial charge in [-0.1, -0.05) is 24.3 Å². The van der Waals surface area contributed by atoms with Gasteiger partial charge in [0.05, 0.1) is 6.07 Å². The lowest BCUT2D eigenvalue weighted by atomic mass is 10.0. The smallest absolute Gasteiger partial charge is 0.116 e. The van der Waals surface area contributed by atoms with Crippen molar-refractivity contribution in [3.8, 4) is 6.07 Å². The van der Waals surface area contributed by atoms with Gasteiger partial charge in [0.25, 0.3) is 0 Å². The normalized spacial score (nSPS) is 19.4. The van der Waals surface area contributed by atoms with Crippen molar-refractivity contribution >= 4 is 0 Å². The van der Waals surface area contributed by atoms with E-state index in [4.69, 9.17) is 0 Å². The number of hydrogen-bond acceptors (Lipinski definition) is 3. The van der Waals surface area contributed by atoms with Gasteiger partial charge in [-0.2, -0.15) is 5.26 Å². The predicted octanol–water partition coefficient (Wildman–Crippen LogP) is 1.94. The zero-order valence-corrected chi connectivity index (χ0v) is 11.2. The van der Waals surface area contributed by atoms with E-state index in [0.717, 1.165) is 26.1 Å². The molecule has 0 saturated heterocycles. The first-order chi connectivity index (χ1) is 8.67. The highest BCUT2D eigenvalue weighted by Crippen LogP contribution is 2.19.